The van der Waals surface area contributed by atoms with Gasteiger partial charge in [0, 0.05) is 30.2 Å². The molecule has 0 radical (unpaired) electrons. The van der Waals surface area contributed by atoms with E-state index in [-0.39, 0.29) is 31.5 Å². The summed E-state index contributed by atoms with van der Waals surface area (Å²) >= 11 is 0. The van der Waals surface area contributed by atoms with E-state index < -0.39 is 59.9 Å². The molecule has 4 atom stereocenters. The number of aryl methyl sites for hydroxylation is 1. The van der Waals surface area contributed by atoms with Crippen LogP contribution in [0.5, 0.6) is 0 Å². The zero-order valence-electron chi connectivity index (χ0n) is 34.2. The highest BCUT2D eigenvalue weighted by Gasteiger charge is 2.31. The molecule has 0 aliphatic carbocycles. The molecule has 10 heteroatoms. The van der Waals surface area contributed by atoms with E-state index in [1.807, 2.05) is 66.7 Å². The van der Waals surface area contributed by atoms with Gasteiger partial charge in [0.25, 0.3) is 0 Å². The summed E-state index contributed by atoms with van der Waals surface area (Å²) in [6.45, 7) is 3.56. The van der Waals surface area contributed by atoms with Crippen molar-refractivity contribution in [3.8, 4) is 0 Å². The molecule has 5 rings (SSSR count). The summed E-state index contributed by atoms with van der Waals surface area (Å²) in [6.07, 6.45) is 7.09. The van der Waals surface area contributed by atoms with Crippen LogP contribution < -0.4 is 10.6 Å². The summed E-state index contributed by atoms with van der Waals surface area (Å²) in [6, 6.07) is 39.0. The van der Waals surface area contributed by atoms with E-state index in [1.165, 1.54) is 12.5 Å². The molecule has 10 nitrogen and oxygen atoms in total. The van der Waals surface area contributed by atoms with Crippen molar-refractivity contribution >= 4 is 59.6 Å². The van der Waals surface area contributed by atoms with Crippen LogP contribution in [0.3, 0.4) is 0 Å². The number of nitrogens with one attached hydrogen (secondary N) is 2. The molecule has 2 amide bonds. The van der Waals surface area contributed by atoms with E-state index in [0.717, 1.165) is 27.8 Å². The highest BCUT2D eigenvalue weighted by Crippen LogP contribution is 2.20. The largest absolute Gasteiger partial charge is 0.481 e. The smallest absolute Gasteiger partial charge is 0.326 e. The Labute approximate surface area is 356 Å². The van der Waals surface area contributed by atoms with Gasteiger partial charge in [-0.15, -0.1) is 0 Å². The first-order chi connectivity index (χ1) is 29.3. The predicted molar refractivity (Wildman–Crippen MR) is 237 cm³/mol. The Kier molecular flexibility index (Phi) is 16.4. The van der Waals surface area contributed by atoms with Gasteiger partial charge in [-0.05, 0) is 60.1 Å². The Balaban J connectivity index is 1.22. The normalized spacial score (nSPS) is 13.2. The zero-order valence-corrected chi connectivity index (χ0v) is 34.2. The fraction of sp³-hybridized carbons (Fsp3) is 0.216. The molecule has 5 aromatic carbocycles. The van der Waals surface area contributed by atoms with Crippen LogP contribution in [0.1, 0.15) is 75.5 Å². The Morgan fingerprint density at radius 1 is 0.525 bits per heavy atom. The van der Waals surface area contributed by atoms with Gasteiger partial charge in [-0.3, -0.25) is 24.0 Å². The number of aliphatic carboxylic acids is 2. The lowest BCUT2D eigenvalue weighted by Crippen LogP contribution is -2.47. The summed E-state index contributed by atoms with van der Waals surface area (Å²) in [5.74, 6) is -6.84. The van der Waals surface area contributed by atoms with Gasteiger partial charge in [-0.1, -0.05) is 163 Å². The Morgan fingerprint density at radius 2 is 0.934 bits per heavy atom. The molecule has 0 aliphatic heterocycles. The number of rotatable bonds is 21. The van der Waals surface area contributed by atoms with Crippen LogP contribution in [-0.4, -0.2) is 57.6 Å². The highest BCUT2D eigenvalue weighted by atomic mass is 16.4. The lowest BCUT2D eigenvalue weighted by molar-refractivity contribution is -0.147. The zero-order chi connectivity index (χ0) is 43.7. The van der Waals surface area contributed by atoms with Crippen LogP contribution in [0.2, 0.25) is 0 Å². The summed E-state index contributed by atoms with van der Waals surface area (Å²) in [5, 5.41) is 23.7. The summed E-state index contributed by atoms with van der Waals surface area (Å²) in [5.41, 5.74) is 7.33. The maximum Gasteiger partial charge on any atom is 0.326 e. The number of hydrogen-bond donors (Lipinski definition) is 4. The molecular formula is C51H50N2O8. The predicted octanol–water partition coefficient (Wildman–Crippen LogP) is 8.13. The first-order valence-electron chi connectivity index (χ1n) is 20.1. The van der Waals surface area contributed by atoms with Crippen molar-refractivity contribution in [3.63, 3.8) is 0 Å². The van der Waals surface area contributed by atoms with E-state index in [9.17, 15) is 33.9 Å². The summed E-state index contributed by atoms with van der Waals surface area (Å²) < 4.78 is 0. The molecule has 0 spiro atoms. The van der Waals surface area contributed by atoms with Gasteiger partial charge in [0.15, 0.2) is 11.6 Å². The minimum atomic E-state index is -1.69. The van der Waals surface area contributed by atoms with Crippen LogP contribution in [-0.2, 0) is 36.8 Å². The molecular weight excluding hydrogens is 769 g/mol. The number of carbonyl (C=O) groups excluding carboxylic acids is 4. The molecule has 4 N–H and O–H groups in total. The third-order valence-corrected chi connectivity index (χ3v) is 10.3. The number of hydrogen-bond acceptors (Lipinski definition) is 6. The minimum absolute atomic E-state index is 0.0680. The van der Waals surface area contributed by atoms with Gasteiger partial charge in [-0.2, -0.15) is 0 Å². The molecule has 0 aliphatic rings. The van der Waals surface area contributed by atoms with Gasteiger partial charge < -0.3 is 20.8 Å². The molecule has 0 unspecified atom stereocenters. The van der Waals surface area contributed by atoms with Gasteiger partial charge in [0.1, 0.15) is 6.04 Å². The average Bonchev–Trinajstić information content (AvgIpc) is 3.25. The maximum absolute atomic E-state index is 13.8. The summed E-state index contributed by atoms with van der Waals surface area (Å²) in [7, 11) is 0. The molecule has 5 aromatic rings. The fourth-order valence-corrected chi connectivity index (χ4v) is 6.71. The first-order valence-corrected chi connectivity index (χ1v) is 20.1. The highest BCUT2D eigenvalue weighted by molar-refractivity contribution is 6.00. The van der Waals surface area contributed by atoms with Crippen LogP contribution in [0.4, 0.5) is 0 Å². The van der Waals surface area contributed by atoms with Crippen LogP contribution >= 0.6 is 0 Å². The third kappa shape index (κ3) is 14.5. The van der Waals surface area contributed by atoms with E-state index in [4.69, 9.17) is 5.11 Å². The fourth-order valence-electron chi connectivity index (χ4n) is 6.71. The Morgan fingerprint density at radius 3 is 1.38 bits per heavy atom. The van der Waals surface area contributed by atoms with Crippen molar-refractivity contribution < 1.29 is 39.0 Å². The Bertz CT molecular complexity index is 2340. The van der Waals surface area contributed by atoms with Crippen molar-refractivity contribution in [3.05, 3.63) is 178 Å². The molecule has 0 heterocycles. The second kappa shape index (κ2) is 22.2. The third-order valence-electron chi connectivity index (χ3n) is 10.3. The molecule has 0 bridgehead atoms. The number of carbonyl (C=O) groups is 6. The molecule has 312 valence electrons. The molecule has 0 saturated heterocycles. The summed E-state index contributed by atoms with van der Waals surface area (Å²) in [4.78, 5) is 77.4. The second-order valence-corrected chi connectivity index (χ2v) is 15.2. The number of Topliss-reactive ketones (excluding diaryl/α,β-unsaturated/α-hetero) is 2. The average molecular weight is 819 g/mol. The topological polar surface area (TPSA) is 167 Å². The van der Waals surface area contributed by atoms with Gasteiger partial charge >= 0.3 is 11.9 Å². The number of carboxylic acid groups (broad SMARTS) is 2. The molecule has 0 fully saturated rings. The number of benzene rings is 5. The van der Waals surface area contributed by atoms with Crippen molar-refractivity contribution in [2.75, 3.05) is 0 Å². The van der Waals surface area contributed by atoms with Crippen molar-refractivity contribution in [2.24, 2.45) is 11.8 Å². The first kappa shape index (κ1) is 44.9. The number of carboxylic acids is 2. The number of amides is 2. The van der Waals surface area contributed by atoms with E-state index in [0.29, 0.717) is 11.1 Å². The molecule has 61 heavy (non-hydrogen) atoms. The van der Waals surface area contributed by atoms with Crippen LogP contribution in [0, 0.1) is 18.8 Å². The lowest BCUT2D eigenvalue weighted by atomic mass is 9.89. The van der Waals surface area contributed by atoms with Crippen molar-refractivity contribution in [1.82, 2.24) is 10.6 Å². The lowest BCUT2D eigenvalue weighted by Gasteiger charge is -2.23. The van der Waals surface area contributed by atoms with Crippen molar-refractivity contribution in [2.45, 2.75) is 58.0 Å². The minimum Gasteiger partial charge on any atom is -0.481 e. The van der Waals surface area contributed by atoms with Gasteiger partial charge in [0.2, 0.25) is 11.8 Å². The standard InChI is InChI=1S/C51H50N2O8/c1-34-13-15-36(16-14-34)17-18-37-19-21-38(22-20-37)23-24-39-25-27-42(28-26-39)47(55)32-44(30-41-11-7-4-8-12-41)49(58)52-35(2)46(54)31-43(29-40-9-5-3-6-10-40)50(59)53-45(51(60)61)33-48(56)57/h3-28,35,43-45H,29-33H2,1-2H3,(H,52,58)(H,53,59)(H,56,57)(H,60,61)/b18-17+,24-23+/t35-,43+,44+,45-/m0/s1. The quantitative estimate of drug-likeness (QED) is 0.0426. The second-order valence-electron chi connectivity index (χ2n) is 15.2. The Hall–Kier alpha value is -7.20. The molecule has 0 aromatic heterocycles. The van der Waals surface area contributed by atoms with E-state index in [1.54, 1.807) is 42.5 Å². The van der Waals surface area contributed by atoms with E-state index >= 15 is 0 Å². The SMILES string of the molecule is Cc1ccc(/C=C/c2ccc(/C=C/c3ccc(C(=O)C[C@@H](Cc4ccccc4)C(=O)N[C@@H](C)C(=O)C[C@@H](Cc4ccccc4)C(=O)N[C@@H](CC(=O)O)C(=O)O)cc3)cc2)cc1. The maximum atomic E-state index is 13.8. The van der Waals surface area contributed by atoms with Gasteiger partial charge in [-0.25, -0.2) is 4.79 Å². The molecule has 0 saturated carbocycles. The van der Waals surface area contributed by atoms with Crippen LogP contribution in [0.15, 0.2) is 133 Å². The van der Waals surface area contributed by atoms with E-state index in [2.05, 4.69) is 66.1 Å². The van der Waals surface area contributed by atoms with Crippen LogP contribution in [0.25, 0.3) is 24.3 Å². The number of ketones is 2. The van der Waals surface area contributed by atoms with Crippen molar-refractivity contribution in [1.29, 1.82) is 0 Å². The van der Waals surface area contributed by atoms with Gasteiger partial charge in [0.05, 0.1) is 12.5 Å². The monoisotopic (exact) mass is 818 g/mol.